The predicted molar refractivity (Wildman–Crippen MR) is 159 cm³/mol. The molecule has 0 rings (SSSR count). The van der Waals surface area contributed by atoms with Gasteiger partial charge in [-0.2, -0.15) is 0 Å². The molecule has 0 aromatic carbocycles. The van der Waals surface area contributed by atoms with Crippen LogP contribution in [0.15, 0.2) is 0 Å². The lowest BCUT2D eigenvalue weighted by molar-refractivity contribution is 0.381. The van der Waals surface area contributed by atoms with Crippen LogP contribution in [0, 0.1) is 12.8 Å². The quantitative estimate of drug-likeness (QED) is 0.0902. The average molecular weight is 478 g/mol. The van der Waals surface area contributed by atoms with Crippen LogP contribution in [-0.4, -0.2) is 0 Å². The molecule has 205 valence electrons. The Morgan fingerprint density at radius 1 is 0.324 bits per heavy atom. The van der Waals surface area contributed by atoms with Gasteiger partial charge in [0.1, 0.15) is 0 Å². The van der Waals surface area contributed by atoms with E-state index in [2.05, 4.69) is 20.8 Å². The lowest BCUT2D eigenvalue weighted by Crippen LogP contribution is -2.00. The highest BCUT2D eigenvalue weighted by Crippen LogP contribution is 2.23. The fraction of sp³-hybridized carbons (Fsp3) is 0.971. The van der Waals surface area contributed by atoms with E-state index in [-0.39, 0.29) is 0 Å². The molecule has 0 nitrogen and oxygen atoms in total. The molecule has 0 heterocycles. The van der Waals surface area contributed by atoms with Gasteiger partial charge in [0.05, 0.1) is 0 Å². The molecule has 0 heteroatoms. The van der Waals surface area contributed by atoms with Crippen molar-refractivity contribution in [2.45, 2.75) is 206 Å². The number of hydrogen-bond donors (Lipinski definition) is 0. The fourth-order valence-electron chi connectivity index (χ4n) is 5.62. The van der Waals surface area contributed by atoms with E-state index in [1.165, 1.54) is 186 Å². The lowest BCUT2D eigenvalue weighted by atomic mass is 9.90. The molecule has 0 aliphatic rings. The summed E-state index contributed by atoms with van der Waals surface area (Å²) in [4.78, 5) is 0. The summed E-state index contributed by atoms with van der Waals surface area (Å²) in [5.74, 6) is 0.970. The molecular weight excluding hydrogens is 408 g/mol. The SMILES string of the molecule is [CH2]CCC(CCCCCCCCCCCCCC)CCCCCCCCCCCCCCCC. The van der Waals surface area contributed by atoms with Crippen molar-refractivity contribution in [2.75, 3.05) is 0 Å². The molecule has 1 atom stereocenters. The average Bonchev–Trinajstić information content (AvgIpc) is 2.84. The van der Waals surface area contributed by atoms with Gasteiger partial charge in [-0.05, 0) is 5.92 Å². The highest BCUT2D eigenvalue weighted by atomic mass is 14.1. The summed E-state index contributed by atoms with van der Waals surface area (Å²) in [6, 6.07) is 0. The van der Waals surface area contributed by atoms with Gasteiger partial charge in [-0.3, -0.25) is 0 Å². The van der Waals surface area contributed by atoms with Crippen molar-refractivity contribution in [3.8, 4) is 0 Å². The van der Waals surface area contributed by atoms with Crippen molar-refractivity contribution >= 4 is 0 Å². The second-order valence-electron chi connectivity index (χ2n) is 11.6. The number of hydrogen-bond acceptors (Lipinski definition) is 0. The Morgan fingerprint density at radius 2 is 0.559 bits per heavy atom. The topological polar surface area (TPSA) is 0 Å². The van der Waals surface area contributed by atoms with E-state index in [0.717, 1.165) is 12.3 Å². The molecule has 0 spiro atoms. The number of unbranched alkanes of at least 4 members (excludes halogenated alkanes) is 24. The Labute approximate surface area is 219 Å². The van der Waals surface area contributed by atoms with Gasteiger partial charge in [0.15, 0.2) is 0 Å². The molecule has 1 radical (unpaired) electrons. The summed E-state index contributed by atoms with van der Waals surface area (Å²) in [5, 5.41) is 0. The first-order valence-corrected chi connectivity index (χ1v) is 16.6. The van der Waals surface area contributed by atoms with E-state index >= 15 is 0 Å². The van der Waals surface area contributed by atoms with E-state index in [1.807, 2.05) is 0 Å². The van der Waals surface area contributed by atoms with Gasteiger partial charge in [-0.15, -0.1) is 0 Å². The molecule has 0 aliphatic heterocycles. The van der Waals surface area contributed by atoms with Crippen molar-refractivity contribution in [3.05, 3.63) is 6.92 Å². The van der Waals surface area contributed by atoms with Crippen LogP contribution in [0.25, 0.3) is 0 Å². The van der Waals surface area contributed by atoms with Gasteiger partial charge in [0.25, 0.3) is 0 Å². The van der Waals surface area contributed by atoms with Gasteiger partial charge < -0.3 is 0 Å². The zero-order chi connectivity index (χ0) is 24.8. The minimum absolute atomic E-state index is 0.970. The molecule has 0 saturated heterocycles. The molecule has 34 heavy (non-hydrogen) atoms. The Morgan fingerprint density at radius 3 is 0.794 bits per heavy atom. The van der Waals surface area contributed by atoms with E-state index in [4.69, 9.17) is 0 Å². The monoisotopic (exact) mass is 478 g/mol. The van der Waals surface area contributed by atoms with Crippen molar-refractivity contribution in [3.63, 3.8) is 0 Å². The summed E-state index contributed by atoms with van der Waals surface area (Å²) >= 11 is 0. The van der Waals surface area contributed by atoms with Crippen molar-refractivity contribution in [1.82, 2.24) is 0 Å². The highest BCUT2D eigenvalue weighted by Gasteiger charge is 2.07. The molecule has 1 unspecified atom stereocenters. The predicted octanol–water partition coefficient (Wildman–Crippen LogP) is 13.2. The van der Waals surface area contributed by atoms with Crippen LogP contribution in [0.1, 0.15) is 206 Å². The summed E-state index contributed by atoms with van der Waals surface area (Å²) in [6.45, 7) is 8.77. The second-order valence-corrected chi connectivity index (χ2v) is 11.6. The zero-order valence-corrected chi connectivity index (χ0v) is 24.5. The van der Waals surface area contributed by atoms with Gasteiger partial charge in [-0.25, -0.2) is 0 Å². The summed E-state index contributed by atoms with van der Waals surface area (Å²) in [6.07, 6.45) is 43.6. The van der Waals surface area contributed by atoms with E-state index in [1.54, 1.807) is 0 Å². The van der Waals surface area contributed by atoms with Crippen molar-refractivity contribution in [2.24, 2.45) is 5.92 Å². The van der Waals surface area contributed by atoms with Gasteiger partial charge in [0, 0.05) is 0 Å². The normalized spacial score (nSPS) is 12.4. The lowest BCUT2D eigenvalue weighted by Gasteiger charge is -2.16. The smallest absolute Gasteiger partial charge is 0.0414 e. The van der Waals surface area contributed by atoms with Crippen LogP contribution in [0.2, 0.25) is 0 Å². The fourth-order valence-corrected chi connectivity index (χ4v) is 5.62. The molecule has 0 aromatic heterocycles. The first-order valence-electron chi connectivity index (χ1n) is 16.6. The van der Waals surface area contributed by atoms with Gasteiger partial charge >= 0.3 is 0 Å². The molecular formula is C34H69. The van der Waals surface area contributed by atoms with Crippen LogP contribution in [0.5, 0.6) is 0 Å². The molecule has 0 saturated carbocycles. The van der Waals surface area contributed by atoms with Crippen molar-refractivity contribution in [1.29, 1.82) is 0 Å². The molecule has 0 bridgehead atoms. The Kier molecular flexibility index (Phi) is 31.0. The third-order valence-electron chi connectivity index (χ3n) is 8.04. The Balaban J connectivity index is 3.37. The van der Waals surface area contributed by atoms with Crippen molar-refractivity contribution < 1.29 is 0 Å². The maximum Gasteiger partial charge on any atom is -0.0414 e. The van der Waals surface area contributed by atoms with Crippen LogP contribution in [0.4, 0.5) is 0 Å². The van der Waals surface area contributed by atoms with E-state index in [9.17, 15) is 0 Å². The number of rotatable bonds is 30. The largest absolute Gasteiger partial charge is 0.0654 e. The van der Waals surface area contributed by atoms with Gasteiger partial charge in [0.2, 0.25) is 0 Å². The Hall–Kier alpha value is 0. The minimum Gasteiger partial charge on any atom is -0.0654 e. The summed E-state index contributed by atoms with van der Waals surface area (Å²) < 4.78 is 0. The third kappa shape index (κ3) is 28.2. The third-order valence-corrected chi connectivity index (χ3v) is 8.04. The summed E-state index contributed by atoms with van der Waals surface area (Å²) in [7, 11) is 0. The molecule has 0 amide bonds. The van der Waals surface area contributed by atoms with Crippen LogP contribution in [-0.2, 0) is 0 Å². The van der Waals surface area contributed by atoms with Gasteiger partial charge in [-0.1, -0.05) is 213 Å². The van der Waals surface area contributed by atoms with Crippen LogP contribution in [0.3, 0.4) is 0 Å². The molecule has 0 fully saturated rings. The van der Waals surface area contributed by atoms with E-state index in [0.29, 0.717) is 0 Å². The van der Waals surface area contributed by atoms with E-state index < -0.39 is 0 Å². The molecule has 0 aliphatic carbocycles. The standard InChI is InChI=1S/C34H69/c1-4-7-9-11-13-15-17-19-20-22-24-26-28-30-33-34(31-6-3)32-29-27-25-23-21-18-16-14-12-10-8-5-2/h34H,3-33H2,1-2H3. The zero-order valence-electron chi connectivity index (χ0n) is 24.5. The highest BCUT2D eigenvalue weighted by molar-refractivity contribution is 4.62. The second kappa shape index (κ2) is 31.0. The van der Waals surface area contributed by atoms with Crippen LogP contribution < -0.4 is 0 Å². The molecule has 0 N–H and O–H groups in total. The summed E-state index contributed by atoms with van der Waals surface area (Å²) in [5.41, 5.74) is 0. The van der Waals surface area contributed by atoms with Crippen LogP contribution >= 0.6 is 0 Å². The maximum absolute atomic E-state index is 4.15. The minimum atomic E-state index is 0.970. The first-order chi connectivity index (χ1) is 16.8. The first kappa shape index (κ1) is 34.0. The molecule has 0 aromatic rings. The maximum atomic E-state index is 4.15. The Bertz CT molecular complexity index is 333.